The molecule has 21 heavy (non-hydrogen) atoms. The topological polar surface area (TPSA) is 94.5 Å². The Morgan fingerprint density at radius 2 is 2.19 bits per heavy atom. The molecular formula is C13H18ClN7. The predicted octanol–water partition coefficient (Wildman–Crippen LogP) is 1.85. The number of rotatable bonds is 3. The molecule has 3 rings (SSSR count). The smallest absolute Gasteiger partial charge is 0.150 e. The van der Waals surface area contributed by atoms with Crippen LogP contribution in [0.15, 0.2) is 6.33 Å². The molecule has 0 fully saturated rings. The Labute approximate surface area is 127 Å². The number of fused-ring (bicyclic) bond motifs is 1. The molecule has 1 aliphatic rings. The molecule has 0 aliphatic carbocycles. The van der Waals surface area contributed by atoms with E-state index >= 15 is 0 Å². The first-order valence-corrected chi connectivity index (χ1v) is 7.38. The van der Waals surface area contributed by atoms with E-state index < -0.39 is 0 Å². The maximum absolute atomic E-state index is 6.13. The molecule has 2 aromatic rings. The van der Waals surface area contributed by atoms with Crippen molar-refractivity contribution in [2.75, 3.05) is 11.1 Å². The van der Waals surface area contributed by atoms with E-state index in [-0.39, 0.29) is 11.9 Å². The standard InChI is InChI=1S/C13H18ClN7/c1-7(2)13-20-19-9-4-3-8(5-21(9)13)18-12-10(14)11(15)16-6-17-12/h6-8H,3-5H2,1-2H3,(H3,15,16,17,18)/t8-/m0/s1. The molecule has 0 spiro atoms. The molecular weight excluding hydrogens is 290 g/mol. The summed E-state index contributed by atoms with van der Waals surface area (Å²) < 4.78 is 2.18. The summed E-state index contributed by atoms with van der Waals surface area (Å²) in [6.07, 6.45) is 3.25. The fourth-order valence-electron chi connectivity index (χ4n) is 2.57. The van der Waals surface area contributed by atoms with Crippen LogP contribution in [0.1, 0.15) is 37.8 Å². The average Bonchev–Trinajstić information content (AvgIpc) is 2.87. The van der Waals surface area contributed by atoms with Crippen molar-refractivity contribution in [3.63, 3.8) is 0 Å². The number of hydrogen-bond acceptors (Lipinski definition) is 6. The first-order chi connectivity index (χ1) is 10.1. The molecule has 1 atom stereocenters. The molecule has 0 saturated heterocycles. The van der Waals surface area contributed by atoms with Crippen molar-refractivity contribution < 1.29 is 0 Å². The molecule has 0 saturated carbocycles. The van der Waals surface area contributed by atoms with Gasteiger partial charge in [0, 0.05) is 24.9 Å². The number of aryl methyl sites for hydroxylation is 1. The van der Waals surface area contributed by atoms with Crippen molar-refractivity contribution in [2.45, 2.75) is 45.2 Å². The van der Waals surface area contributed by atoms with Crippen molar-refractivity contribution in [1.29, 1.82) is 0 Å². The number of hydrogen-bond donors (Lipinski definition) is 2. The highest BCUT2D eigenvalue weighted by atomic mass is 35.5. The number of nitrogens with two attached hydrogens (primary N) is 1. The van der Waals surface area contributed by atoms with Crippen LogP contribution in [0, 0.1) is 0 Å². The molecule has 7 nitrogen and oxygen atoms in total. The van der Waals surface area contributed by atoms with Crippen LogP contribution in [0.2, 0.25) is 5.02 Å². The van der Waals surface area contributed by atoms with Crippen LogP contribution >= 0.6 is 11.6 Å². The molecule has 0 bridgehead atoms. The SMILES string of the molecule is CC(C)c1nnc2n1C[C@@H](Nc1ncnc(N)c1Cl)CC2. The summed E-state index contributed by atoms with van der Waals surface area (Å²) >= 11 is 6.13. The summed E-state index contributed by atoms with van der Waals surface area (Å²) in [6, 6.07) is 0.220. The normalized spacial score (nSPS) is 17.8. The van der Waals surface area contributed by atoms with E-state index in [1.54, 1.807) is 0 Å². The molecule has 3 N–H and O–H groups in total. The van der Waals surface area contributed by atoms with Gasteiger partial charge in [-0.15, -0.1) is 10.2 Å². The van der Waals surface area contributed by atoms with Gasteiger partial charge < -0.3 is 15.6 Å². The molecule has 112 valence electrons. The molecule has 2 aromatic heterocycles. The third-order valence-corrected chi connectivity index (χ3v) is 4.02. The van der Waals surface area contributed by atoms with Crippen LogP contribution in [0.25, 0.3) is 0 Å². The molecule has 3 heterocycles. The minimum Gasteiger partial charge on any atom is -0.382 e. The van der Waals surface area contributed by atoms with E-state index in [2.05, 4.69) is 43.9 Å². The van der Waals surface area contributed by atoms with Crippen molar-refractivity contribution >= 4 is 23.2 Å². The van der Waals surface area contributed by atoms with Crippen molar-refractivity contribution in [2.24, 2.45) is 0 Å². The number of nitrogens with zero attached hydrogens (tertiary/aromatic N) is 5. The molecule has 8 heteroatoms. The quantitative estimate of drug-likeness (QED) is 0.898. The zero-order chi connectivity index (χ0) is 15.0. The van der Waals surface area contributed by atoms with Crippen LogP contribution in [0.3, 0.4) is 0 Å². The van der Waals surface area contributed by atoms with Gasteiger partial charge in [0.05, 0.1) is 0 Å². The fraction of sp³-hybridized carbons (Fsp3) is 0.538. The maximum atomic E-state index is 6.13. The van der Waals surface area contributed by atoms with Gasteiger partial charge in [-0.1, -0.05) is 25.4 Å². The van der Waals surface area contributed by atoms with Gasteiger partial charge in [0.15, 0.2) is 5.82 Å². The van der Waals surface area contributed by atoms with Crippen LogP contribution in [-0.2, 0) is 13.0 Å². The third kappa shape index (κ3) is 2.65. The van der Waals surface area contributed by atoms with Crippen molar-refractivity contribution in [3.8, 4) is 0 Å². The second-order valence-corrected chi connectivity index (χ2v) is 5.92. The van der Waals surface area contributed by atoms with Crippen LogP contribution in [-0.4, -0.2) is 30.8 Å². The van der Waals surface area contributed by atoms with Gasteiger partial charge in [-0.05, 0) is 6.42 Å². The van der Waals surface area contributed by atoms with Gasteiger partial charge in [-0.3, -0.25) is 0 Å². The fourth-order valence-corrected chi connectivity index (χ4v) is 2.72. The summed E-state index contributed by atoms with van der Waals surface area (Å²) in [5.74, 6) is 3.28. The number of anilines is 2. The predicted molar refractivity (Wildman–Crippen MR) is 81.3 cm³/mol. The molecule has 1 aliphatic heterocycles. The lowest BCUT2D eigenvalue weighted by atomic mass is 10.1. The minimum atomic E-state index is 0.220. The summed E-state index contributed by atoms with van der Waals surface area (Å²) in [6.45, 7) is 5.04. The Morgan fingerprint density at radius 1 is 1.38 bits per heavy atom. The van der Waals surface area contributed by atoms with Gasteiger partial charge in [0.2, 0.25) is 0 Å². The van der Waals surface area contributed by atoms with Gasteiger partial charge in [0.25, 0.3) is 0 Å². The monoisotopic (exact) mass is 307 g/mol. The summed E-state index contributed by atoms with van der Waals surface area (Å²) in [5.41, 5.74) is 5.70. The Balaban J connectivity index is 1.80. The Morgan fingerprint density at radius 3 is 2.95 bits per heavy atom. The third-order valence-electron chi connectivity index (χ3n) is 3.65. The molecule has 0 radical (unpaired) electrons. The second kappa shape index (κ2) is 5.48. The lowest BCUT2D eigenvalue weighted by Gasteiger charge is -2.26. The van der Waals surface area contributed by atoms with Gasteiger partial charge in [0.1, 0.15) is 28.8 Å². The Kier molecular flexibility index (Phi) is 3.67. The highest BCUT2D eigenvalue weighted by Crippen LogP contribution is 2.26. The number of nitrogen functional groups attached to an aromatic ring is 1. The summed E-state index contributed by atoms with van der Waals surface area (Å²) in [7, 11) is 0. The number of aromatic nitrogens is 5. The maximum Gasteiger partial charge on any atom is 0.150 e. The van der Waals surface area contributed by atoms with E-state index in [0.29, 0.717) is 16.8 Å². The zero-order valence-electron chi connectivity index (χ0n) is 12.0. The van der Waals surface area contributed by atoms with Gasteiger partial charge in [-0.2, -0.15) is 0 Å². The average molecular weight is 308 g/mol. The van der Waals surface area contributed by atoms with E-state index in [1.165, 1.54) is 6.33 Å². The molecule has 0 unspecified atom stereocenters. The Hall–Kier alpha value is -1.89. The van der Waals surface area contributed by atoms with Gasteiger partial charge in [-0.25, -0.2) is 9.97 Å². The lowest BCUT2D eigenvalue weighted by Crippen LogP contribution is -2.32. The zero-order valence-corrected chi connectivity index (χ0v) is 12.8. The summed E-state index contributed by atoms with van der Waals surface area (Å²) in [5, 5.41) is 12.3. The summed E-state index contributed by atoms with van der Waals surface area (Å²) in [4.78, 5) is 8.03. The lowest BCUT2D eigenvalue weighted by molar-refractivity contribution is 0.458. The van der Waals surface area contributed by atoms with E-state index in [4.69, 9.17) is 17.3 Å². The van der Waals surface area contributed by atoms with Crippen molar-refractivity contribution in [1.82, 2.24) is 24.7 Å². The first-order valence-electron chi connectivity index (χ1n) is 7.00. The molecule has 0 aromatic carbocycles. The van der Waals surface area contributed by atoms with E-state index in [1.807, 2.05) is 0 Å². The minimum absolute atomic E-state index is 0.220. The van der Waals surface area contributed by atoms with Crippen LogP contribution < -0.4 is 11.1 Å². The van der Waals surface area contributed by atoms with E-state index in [9.17, 15) is 0 Å². The van der Waals surface area contributed by atoms with Crippen LogP contribution in [0.5, 0.6) is 0 Å². The largest absolute Gasteiger partial charge is 0.382 e. The van der Waals surface area contributed by atoms with Crippen LogP contribution in [0.4, 0.5) is 11.6 Å². The highest BCUT2D eigenvalue weighted by molar-refractivity contribution is 6.35. The van der Waals surface area contributed by atoms with Crippen molar-refractivity contribution in [3.05, 3.63) is 23.0 Å². The first kappa shape index (κ1) is 14.1. The second-order valence-electron chi connectivity index (χ2n) is 5.54. The van der Waals surface area contributed by atoms with E-state index in [0.717, 1.165) is 31.0 Å². The Bertz CT molecular complexity index is 652. The number of halogens is 1. The highest BCUT2D eigenvalue weighted by Gasteiger charge is 2.24. The molecule has 0 amide bonds. The van der Waals surface area contributed by atoms with Gasteiger partial charge >= 0.3 is 0 Å². The number of nitrogens with one attached hydrogen (secondary N) is 1.